The van der Waals surface area contributed by atoms with Gasteiger partial charge in [0.1, 0.15) is 10.9 Å². The first-order chi connectivity index (χ1) is 12.1. The summed E-state index contributed by atoms with van der Waals surface area (Å²) in [6, 6.07) is 5.65. The summed E-state index contributed by atoms with van der Waals surface area (Å²) in [7, 11) is 0. The Bertz CT molecular complexity index is 884. The van der Waals surface area contributed by atoms with Crippen LogP contribution in [0.2, 0.25) is 5.15 Å². The number of anilines is 1. The van der Waals surface area contributed by atoms with Crippen LogP contribution in [0.5, 0.6) is 0 Å². The lowest BCUT2D eigenvalue weighted by atomic mass is 9.94. The standard InChI is InChI=1S/C17H17BrClN3O2S/c18-14-15-17(25-16(14)10-3-5-23-8-11(10)20)12(6-13(19)22-15)21-7-9-2-1-4-24-9/h1-2,4,6,10-11H,3,5,7-8,20H2,(H,21,22)/t10-,11-/m0/s1. The van der Waals surface area contributed by atoms with E-state index in [9.17, 15) is 0 Å². The highest BCUT2D eigenvalue weighted by molar-refractivity contribution is 9.10. The first-order valence-corrected chi connectivity index (χ1v) is 10.00. The molecule has 132 valence electrons. The Balaban J connectivity index is 1.72. The fourth-order valence-corrected chi connectivity index (χ4v) is 5.56. The van der Waals surface area contributed by atoms with E-state index >= 15 is 0 Å². The van der Waals surface area contributed by atoms with Crippen molar-refractivity contribution in [1.29, 1.82) is 0 Å². The van der Waals surface area contributed by atoms with Crippen LogP contribution in [0, 0.1) is 0 Å². The number of fused-ring (bicyclic) bond motifs is 1. The highest BCUT2D eigenvalue weighted by Crippen LogP contribution is 2.45. The van der Waals surface area contributed by atoms with E-state index in [2.05, 4.69) is 26.2 Å². The largest absolute Gasteiger partial charge is 0.467 e. The first kappa shape index (κ1) is 17.3. The van der Waals surface area contributed by atoms with Crippen LogP contribution >= 0.6 is 38.9 Å². The number of nitrogens with zero attached hydrogens (tertiary/aromatic N) is 1. The third-order valence-electron chi connectivity index (χ3n) is 4.35. The van der Waals surface area contributed by atoms with Gasteiger partial charge in [0.2, 0.25) is 0 Å². The summed E-state index contributed by atoms with van der Waals surface area (Å²) in [6.45, 7) is 1.91. The molecule has 1 aliphatic rings. The molecule has 1 fully saturated rings. The minimum Gasteiger partial charge on any atom is -0.467 e. The fraction of sp³-hybridized carbons (Fsp3) is 0.353. The second-order valence-electron chi connectivity index (χ2n) is 6.02. The van der Waals surface area contributed by atoms with E-state index in [1.165, 1.54) is 4.88 Å². The summed E-state index contributed by atoms with van der Waals surface area (Å²) in [5, 5.41) is 3.86. The van der Waals surface area contributed by atoms with Gasteiger partial charge in [-0.25, -0.2) is 4.98 Å². The van der Waals surface area contributed by atoms with Crippen LogP contribution in [-0.4, -0.2) is 24.2 Å². The van der Waals surface area contributed by atoms with Crippen molar-refractivity contribution in [3.63, 3.8) is 0 Å². The van der Waals surface area contributed by atoms with E-state index in [4.69, 9.17) is 26.5 Å². The molecule has 0 aliphatic carbocycles. The van der Waals surface area contributed by atoms with Gasteiger partial charge in [0, 0.05) is 29.5 Å². The zero-order valence-corrected chi connectivity index (χ0v) is 16.5. The molecule has 3 aromatic rings. The van der Waals surface area contributed by atoms with Crippen LogP contribution in [0.25, 0.3) is 10.2 Å². The van der Waals surface area contributed by atoms with Gasteiger partial charge in [0.15, 0.2) is 0 Å². The van der Waals surface area contributed by atoms with Crippen molar-refractivity contribution in [3.05, 3.63) is 44.7 Å². The van der Waals surface area contributed by atoms with Gasteiger partial charge in [-0.05, 0) is 34.5 Å². The van der Waals surface area contributed by atoms with Gasteiger partial charge >= 0.3 is 0 Å². The average Bonchev–Trinajstić information content (AvgIpc) is 3.22. The van der Waals surface area contributed by atoms with Crippen molar-refractivity contribution in [1.82, 2.24) is 4.98 Å². The summed E-state index contributed by atoms with van der Waals surface area (Å²) in [5.74, 6) is 1.13. The molecule has 0 aromatic carbocycles. The van der Waals surface area contributed by atoms with Gasteiger partial charge in [-0.2, -0.15) is 0 Å². The van der Waals surface area contributed by atoms with Crippen molar-refractivity contribution in [3.8, 4) is 0 Å². The number of thiophene rings is 1. The van der Waals surface area contributed by atoms with Gasteiger partial charge in [0.05, 0.1) is 39.8 Å². The molecular formula is C17H17BrClN3O2S. The van der Waals surface area contributed by atoms with Crippen LogP contribution < -0.4 is 11.1 Å². The number of furan rings is 1. The molecule has 2 atom stereocenters. The average molecular weight is 443 g/mol. The number of aromatic nitrogens is 1. The predicted molar refractivity (Wildman–Crippen MR) is 105 cm³/mol. The normalized spacial score (nSPS) is 20.9. The molecule has 4 rings (SSSR count). The molecule has 0 spiro atoms. The molecule has 0 unspecified atom stereocenters. The van der Waals surface area contributed by atoms with Crippen LogP contribution in [0.15, 0.2) is 33.4 Å². The second kappa shape index (κ2) is 7.25. The zero-order chi connectivity index (χ0) is 17.4. The van der Waals surface area contributed by atoms with Gasteiger partial charge in [-0.3, -0.25) is 0 Å². The lowest BCUT2D eigenvalue weighted by molar-refractivity contribution is 0.0702. The SMILES string of the molecule is N[C@H]1COCC[C@@H]1c1sc2c(NCc3ccco3)cc(Cl)nc2c1Br. The van der Waals surface area contributed by atoms with E-state index in [1.807, 2.05) is 18.2 Å². The number of ether oxygens (including phenoxy) is 1. The summed E-state index contributed by atoms with van der Waals surface area (Å²) in [6.07, 6.45) is 2.58. The van der Waals surface area contributed by atoms with E-state index < -0.39 is 0 Å². The fourth-order valence-electron chi connectivity index (χ4n) is 3.08. The van der Waals surface area contributed by atoms with Gasteiger partial charge in [-0.1, -0.05) is 11.6 Å². The maximum atomic E-state index is 6.28. The molecular weight excluding hydrogens is 426 g/mol. The van der Waals surface area contributed by atoms with Crippen LogP contribution in [0.4, 0.5) is 5.69 Å². The maximum absolute atomic E-state index is 6.28. The number of nitrogens with two attached hydrogens (primary N) is 1. The topological polar surface area (TPSA) is 73.3 Å². The molecule has 0 amide bonds. The Morgan fingerprint density at radius 2 is 2.36 bits per heavy atom. The zero-order valence-electron chi connectivity index (χ0n) is 13.3. The van der Waals surface area contributed by atoms with E-state index in [0.717, 1.165) is 39.2 Å². The molecule has 0 bridgehead atoms. The van der Waals surface area contributed by atoms with Crippen molar-refractivity contribution in [2.75, 3.05) is 18.5 Å². The molecule has 5 nitrogen and oxygen atoms in total. The highest BCUT2D eigenvalue weighted by atomic mass is 79.9. The Labute approximate surface area is 162 Å². The monoisotopic (exact) mass is 441 g/mol. The highest BCUT2D eigenvalue weighted by Gasteiger charge is 2.29. The summed E-state index contributed by atoms with van der Waals surface area (Å²) >= 11 is 11.7. The summed E-state index contributed by atoms with van der Waals surface area (Å²) in [4.78, 5) is 5.72. The number of pyridine rings is 1. The second-order valence-corrected chi connectivity index (χ2v) is 8.25. The van der Waals surface area contributed by atoms with Crippen molar-refractivity contribution in [2.24, 2.45) is 5.73 Å². The van der Waals surface area contributed by atoms with E-state index in [1.54, 1.807) is 17.6 Å². The molecule has 3 N–H and O–H groups in total. The third-order valence-corrected chi connectivity index (χ3v) is 6.95. The third kappa shape index (κ3) is 3.44. The van der Waals surface area contributed by atoms with Gasteiger partial charge < -0.3 is 20.2 Å². The molecule has 3 aromatic heterocycles. The number of halogens is 2. The number of hydrogen-bond acceptors (Lipinski definition) is 6. The van der Waals surface area contributed by atoms with Gasteiger partial charge in [0.25, 0.3) is 0 Å². The molecule has 1 saturated heterocycles. The quantitative estimate of drug-likeness (QED) is 0.571. The Morgan fingerprint density at radius 1 is 1.48 bits per heavy atom. The number of nitrogens with one attached hydrogen (secondary N) is 1. The summed E-state index contributed by atoms with van der Waals surface area (Å²) in [5.41, 5.74) is 8.10. The van der Waals surface area contributed by atoms with Crippen molar-refractivity contribution < 1.29 is 9.15 Å². The molecule has 4 heterocycles. The van der Waals surface area contributed by atoms with Crippen molar-refractivity contribution >= 4 is 54.8 Å². The van der Waals surface area contributed by atoms with Crippen molar-refractivity contribution in [2.45, 2.75) is 24.9 Å². The Hall–Kier alpha value is -1.12. The maximum Gasteiger partial charge on any atom is 0.131 e. The van der Waals surface area contributed by atoms with Gasteiger partial charge in [-0.15, -0.1) is 11.3 Å². The molecule has 0 saturated carbocycles. The molecule has 0 radical (unpaired) electrons. The Morgan fingerprint density at radius 3 is 3.12 bits per heavy atom. The van der Waals surface area contributed by atoms with E-state index in [0.29, 0.717) is 18.3 Å². The Kier molecular flexibility index (Phi) is 5.01. The number of hydrogen-bond donors (Lipinski definition) is 2. The minimum atomic E-state index is -0.00638. The predicted octanol–water partition coefficient (Wildman–Crippen LogP) is 4.75. The number of rotatable bonds is 4. The van der Waals surface area contributed by atoms with Crippen LogP contribution in [-0.2, 0) is 11.3 Å². The lowest BCUT2D eigenvalue weighted by Gasteiger charge is -2.28. The smallest absolute Gasteiger partial charge is 0.131 e. The summed E-state index contributed by atoms with van der Waals surface area (Å²) < 4.78 is 12.9. The minimum absolute atomic E-state index is 0.00638. The first-order valence-electron chi connectivity index (χ1n) is 8.01. The van der Waals surface area contributed by atoms with E-state index in [-0.39, 0.29) is 12.0 Å². The molecule has 25 heavy (non-hydrogen) atoms. The molecule has 8 heteroatoms. The lowest BCUT2D eigenvalue weighted by Crippen LogP contribution is -2.37. The van der Waals surface area contributed by atoms with Crippen LogP contribution in [0.3, 0.4) is 0 Å². The molecule has 1 aliphatic heterocycles. The van der Waals surface area contributed by atoms with Crippen LogP contribution in [0.1, 0.15) is 23.0 Å².